The molecule has 1 atom stereocenters. The van der Waals surface area contributed by atoms with E-state index in [0.29, 0.717) is 12.1 Å². The summed E-state index contributed by atoms with van der Waals surface area (Å²) in [5, 5.41) is 2.86. The predicted molar refractivity (Wildman–Crippen MR) is 147 cm³/mol. The van der Waals surface area contributed by atoms with Gasteiger partial charge in [0.25, 0.3) is 10.0 Å². The maximum absolute atomic E-state index is 13.8. The van der Waals surface area contributed by atoms with Crippen LogP contribution in [0.1, 0.15) is 31.9 Å². The number of amides is 2. The van der Waals surface area contributed by atoms with Crippen molar-refractivity contribution in [3.8, 4) is 0 Å². The number of carbonyl (C=O) groups excluding carboxylic acids is 2. The van der Waals surface area contributed by atoms with E-state index in [1.54, 1.807) is 49.4 Å². The van der Waals surface area contributed by atoms with Crippen LogP contribution in [0.5, 0.6) is 0 Å². The van der Waals surface area contributed by atoms with Crippen LogP contribution in [-0.2, 0) is 26.0 Å². The summed E-state index contributed by atoms with van der Waals surface area (Å²) in [6.45, 7) is 7.08. The van der Waals surface area contributed by atoms with E-state index in [0.717, 1.165) is 15.4 Å². The highest BCUT2D eigenvalue weighted by molar-refractivity contribution is 7.92. The Morgan fingerprint density at radius 1 is 0.838 bits per heavy atom. The Balaban J connectivity index is 1.94. The largest absolute Gasteiger partial charge is 0.352 e. The second-order valence-corrected chi connectivity index (χ2v) is 11.2. The minimum Gasteiger partial charge on any atom is -0.352 e. The zero-order valence-electron chi connectivity index (χ0n) is 21.8. The fourth-order valence-electron chi connectivity index (χ4n) is 3.94. The molecule has 0 aliphatic heterocycles. The molecular formula is C29H35N3O4S. The fraction of sp³-hybridized carbons (Fsp3) is 0.310. The van der Waals surface area contributed by atoms with Crippen LogP contribution in [0.2, 0.25) is 0 Å². The third-order valence-corrected chi connectivity index (χ3v) is 7.80. The van der Waals surface area contributed by atoms with E-state index >= 15 is 0 Å². The van der Waals surface area contributed by atoms with Crippen molar-refractivity contribution in [2.24, 2.45) is 0 Å². The molecule has 3 rings (SSSR count). The first-order valence-corrected chi connectivity index (χ1v) is 13.8. The van der Waals surface area contributed by atoms with Gasteiger partial charge in [-0.2, -0.15) is 0 Å². The SMILES string of the molecule is Cc1ccc(S(=O)(=O)N(CC(=O)N(CCc2ccccc2)[C@H](C)C(=O)NC(C)C)c2ccccc2)cc1. The van der Waals surface area contributed by atoms with Crippen LogP contribution in [0.4, 0.5) is 5.69 Å². The minimum atomic E-state index is -4.05. The summed E-state index contributed by atoms with van der Waals surface area (Å²) < 4.78 is 28.5. The van der Waals surface area contributed by atoms with Gasteiger partial charge in [-0.05, 0) is 63.9 Å². The molecule has 0 heterocycles. The van der Waals surface area contributed by atoms with Gasteiger partial charge in [0.15, 0.2) is 0 Å². The Hall–Kier alpha value is -3.65. The Bertz CT molecular complexity index is 1280. The fourth-order valence-corrected chi connectivity index (χ4v) is 5.35. The predicted octanol–water partition coefficient (Wildman–Crippen LogP) is 4.17. The molecule has 0 radical (unpaired) electrons. The summed E-state index contributed by atoms with van der Waals surface area (Å²) in [5.74, 6) is -0.744. The Morgan fingerprint density at radius 2 is 1.41 bits per heavy atom. The Kier molecular flexibility index (Phi) is 9.47. The van der Waals surface area contributed by atoms with Gasteiger partial charge in [0.2, 0.25) is 11.8 Å². The Morgan fingerprint density at radius 3 is 1.97 bits per heavy atom. The second-order valence-electron chi connectivity index (χ2n) is 9.32. The van der Waals surface area contributed by atoms with Crippen molar-refractivity contribution in [1.82, 2.24) is 10.2 Å². The van der Waals surface area contributed by atoms with Gasteiger partial charge in [-0.3, -0.25) is 13.9 Å². The highest BCUT2D eigenvalue weighted by atomic mass is 32.2. The standard InChI is InChI=1S/C29H35N3O4S/c1-22(2)30-29(34)24(4)31(20-19-25-11-7-5-8-12-25)28(33)21-32(26-13-9-6-10-14-26)37(35,36)27-17-15-23(3)16-18-27/h5-18,22,24H,19-21H2,1-4H3,(H,30,34)/t24-/m1/s1. The number of hydrogen-bond acceptors (Lipinski definition) is 4. The number of rotatable bonds is 11. The van der Waals surface area contributed by atoms with E-state index < -0.39 is 28.5 Å². The summed E-state index contributed by atoms with van der Waals surface area (Å²) in [6.07, 6.45) is 0.530. The van der Waals surface area contributed by atoms with E-state index in [-0.39, 0.29) is 23.4 Å². The smallest absolute Gasteiger partial charge is 0.264 e. The molecule has 1 N–H and O–H groups in total. The third kappa shape index (κ3) is 7.43. The number of para-hydroxylation sites is 1. The van der Waals surface area contributed by atoms with Crippen LogP contribution in [0, 0.1) is 6.92 Å². The molecule has 7 nitrogen and oxygen atoms in total. The van der Waals surface area contributed by atoms with Crippen LogP contribution < -0.4 is 9.62 Å². The summed E-state index contributed by atoms with van der Waals surface area (Å²) >= 11 is 0. The topological polar surface area (TPSA) is 86.8 Å². The van der Waals surface area contributed by atoms with Gasteiger partial charge in [-0.15, -0.1) is 0 Å². The number of nitrogens with zero attached hydrogens (tertiary/aromatic N) is 2. The van der Waals surface area contributed by atoms with Gasteiger partial charge in [-0.25, -0.2) is 8.42 Å². The lowest BCUT2D eigenvalue weighted by molar-refractivity contribution is -0.139. The quantitative estimate of drug-likeness (QED) is 0.410. The molecule has 196 valence electrons. The van der Waals surface area contributed by atoms with Crippen molar-refractivity contribution in [1.29, 1.82) is 0 Å². The van der Waals surface area contributed by atoms with Gasteiger partial charge in [0.05, 0.1) is 10.6 Å². The number of anilines is 1. The lowest BCUT2D eigenvalue weighted by Crippen LogP contribution is -2.53. The van der Waals surface area contributed by atoms with E-state index in [1.807, 2.05) is 51.1 Å². The number of nitrogens with one attached hydrogen (secondary N) is 1. The molecule has 3 aromatic rings. The van der Waals surface area contributed by atoms with Crippen LogP contribution in [0.15, 0.2) is 89.8 Å². The highest BCUT2D eigenvalue weighted by Gasteiger charge is 2.32. The molecule has 0 fully saturated rings. The first-order valence-electron chi connectivity index (χ1n) is 12.4. The number of hydrogen-bond donors (Lipinski definition) is 1. The number of carbonyl (C=O) groups is 2. The zero-order valence-corrected chi connectivity index (χ0v) is 22.6. The first-order chi connectivity index (χ1) is 17.6. The van der Waals surface area contributed by atoms with Crippen LogP contribution >= 0.6 is 0 Å². The van der Waals surface area contributed by atoms with E-state index in [2.05, 4.69) is 5.32 Å². The maximum Gasteiger partial charge on any atom is 0.264 e. The van der Waals surface area contributed by atoms with Crippen LogP contribution in [0.3, 0.4) is 0 Å². The first kappa shape index (κ1) is 27.9. The maximum atomic E-state index is 13.8. The van der Waals surface area contributed by atoms with Crippen LogP contribution in [-0.4, -0.2) is 50.3 Å². The molecule has 0 unspecified atom stereocenters. The Labute approximate surface area is 220 Å². The average Bonchev–Trinajstić information content (AvgIpc) is 2.88. The lowest BCUT2D eigenvalue weighted by Gasteiger charge is -2.32. The molecule has 0 aromatic heterocycles. The minimum absolute atomic E-state index is 0.0937. The van der Waals surface area contributed by atoms with Crippen molar-refractivity contribution >= 4 is 27.5 Å². The normalized spacial score (nSPS) is 12.1. The molecule has 0 saturated heterocycles. The van der Waals surface area contributed by atoms with Gasteiger partial charge in [0.1, 0.15) is 12.6 Å². The average molecular weight is 522 g/mol. The molecule has 2 amide bonds. The van der Waals surface area contributed by atoms with E-state index in [9.17, 15) is 18.0 Å². The summed E-state index contributed by atoms with van der Waals surface area (Å²) in [6, 6.07) is 23.9. The molecular weight excluding hydrogens is 486 g/mol. The van der Waals surface area contributed by atoms with E-state index in [1.165, 1.54) is 17.0 Å². The van der Waals surface area contributed by atoms with Crippen molar-refractivity contribution in [3.05, 3.63) is 96.1 Å². The zero-order chi connectivity index (χ0) is 27.0. The number of sulfonamides is 1. The summed E-state index contributed by atoms with van der Waals surface area (Å²) in [7, 11) is -4.05. The third-order valence-electron chi connectivity index (χ3n) is 6.01. The molecule has 0 aliphatic rings. The summed E-state index contributed by atoms with van der Waals surface area (Å²) in [5.41, 5.74) is 2.32. The van der Waals surface area contributed by atoms with Crippen molar-refractivity contribution in [3.63, 3.8) is 0 Å². The molecule has 0 saturated carbocycles. The molecule has 0 bridgehead atoms. The van der Waals surface area contributed by atoms with Crippen molar-refractivity contribution < 1.29 is 18.0 Å². The van der Waals surface area contributed by atoms with Crippen LogP contribution in [0.25, 0.3) is 0 Å². The van der Waals surface area contributed by atoms with Gasteiger partial charge in [0, 0.05) is 12.6 Å². The van der Waals surface area contributed by atoms with Crippen molar-refractivity contribution in [2.45, 2.75) is 51.1 Å². The molecule has 37 heavy (non-hydrogen) atoms. The van der Waals surface area contributed by atoms with Gasteiger partial charge < -0.3 is 10.2 Å². The number of benzene rings is 3. The van der Waals surface area contributed by atoms with E-state index in [4.69, 9.17) is 0 Å². The van der Waals surface area contributed by atoms with Gasteiger partial charge in [-0.1, -0.05) is 66.2 Å². The highest BCUT2D eigenvalue weighted by Crippen LogP contribution is 2.24. The molecule has 0 aliphatic carbocycles. The second kappa shape index (κ2) is 12.5. The lowest BCUT2D eigenvalue weighted by atomic mass is 10.1. The molecule has 8 heteroatoms. The summed E-state index contributed by atoms with van der Waals surface area (Å²) in [4.78, 5) is 28.2. The molecule has 3 aromatic carbocycles. The number of aryl methyl sites for hydroxylation is 1. The van der Waals surface area contributed by atoms with Gasteiger partial charge >= 0.3 is 0 Å². The monoisotopic (exact) mass is 521 g/mol. The van der Waals surface area contributed by atoms with Crippen molar-refractivity contribution in [2.75, 3.05) is 17.4 Å². The molecule has 0 spiro atoms.